The van der Waals surface area contributed by atoms with E-state index in [0.29, 0.717) is 5.56 Å². The molecule has 4 nitrogen and oxygen atoms in total. The van der Waals surface area contributed by atoms with Crippen LogP contribution in [0.1, 0.15) is 10.4 Å². The first-order valence-corrected chi connectivity index (χ1v) is 7.88. The lowest BCUT2D eigenvalue weighted by Crippen LogP contribution is -2.11. The average molecular weight is 366 g/mol. The summed E-state index contributed by atoms with van der Waals surface area (Å²) in [7, 11) is 0. The van der Waals surface area contributed by atoms with Crippen LogP contribution in [-0.2, 0) is 0 Å². The number of H-pyrrole nitrogens is 1. The summed E-state index contributed by atoms with van der Waals surface area (Å²) >= 11 is 3.50. The molecule has 5 heteroatoms. The molecular formula is C18H12BrN3O. The monoisotopic (exact) mass is 365 g/mol. The van der Waals surface area contributed by atoms with Crippen molar-refractivity contribution in [2.45, 2.75) is 0 Å². The van der Waals surface area contributed by atoms with Gasteiger partial charge in [-0.2, -0.15) is 0 Å². The van der Waals surface area contributed by atoms with Crippen LogP contribution in [0.5, 0.6) is 0 Å². The summed E-state index contributed by atoms with van der Waals surface area (Å²) in [6.07, 6.45) is 3.62. The first-order valence-electron chi connectivity index (χ1n) is 7.09. The van der Waals surface area contributed by atoms with Crippen LogP contribution in [0.2, 0.25) is 0 Å². The Kier molecular flexibility index (Phi) is 3.16. The molecule has 0 aliphatic heterocycles. The zero-order valence-corrected chi connectivity index (χ0v) is 13.6. The number of halogens is 1. The Morgan fingerprint density at radius 3 is 2.78 bits per heavy atom. The molecule has 0 spiro atoms. The second-order valence-corrected chi connectivity index (χ2v) is 6.22. The topological polar surface area (TPSA) is 71.8 Å². The summed E-state index contributed by atoms with van der Waals surface area (Å²) in [5, 5.41) is 1.98. The number of aromatic amines is 1. The van der Waals surface area contributed by atoms with Gasteiger partial charge in [-0.1, -0.05) is 18.2 Å². The summed E-state index contributed by atoms with van der Waals surface area (Å²) in [6.45, 7) is 0. The Hall–Kier alpha value is -2.66. The number of nitrogens with zero attached hydrogens (tertiary/aromatic N) is 1. The normalized spacial score (nSPS) is 11.2. The fourth-order valence-corrected chi connectivity index (χ4v) is 3.22. The number of hydrogen-bond acceptors (Lipinski definition) is 2. The van der Waals surface area contributed by atoms with Crippen LogP contribution < -0.4 is 5.73 Å². The molecule has 4 rings (SSSR count). The smallest absolute Gasteiger partial charge is 0.250 e. The highest BCUT2D eigenvalue weighted by Crippen LogP contribution is 2.32. The number of primary amides is 1. The summed E-state index contributed by atoms with van der Waals surface area (Å²) in [4.78, 5) is 19.4. The molecule has 0 aliphatic rings. The Morgan fingerprint density at radius 1 is 1.13 bits per heavy atom. The molecule has 112 valence electrons. The van der Waals surface area contributed by atoms with Gasteiger partial charge >= 0.3 is 0 Å². The van der Waals surface area contributed by atoms with E-state index in [-0.39, 0.29) is 0 Å². The minimum Gasteiger partial charge on any atom is -0.366 e. The predicted octanol–water partition coefficient (Wildman–Crippen LogP) is 4.24. The van der Waals surface area contributed by atoms with Gasteiger partial charge in [0.25, 0.3) is 5.91 Å². The van der Waals surface area contributed by atoms with E-state index in [4.69, 9.17) is 5.73 Å². The molecule has 3 N–H and O–H groups in total. The van der Waals surface area contributed by atoms with Crippen LogP contribution in [-0.4, -0.2) is 15.9 Å². The molecule has 4 aromatic rings. The number of nitrogens with two attached hydrogens (primary N) is 1. The first-order chi connectivity index (χ1) is 11.1. The van der Waals surface area contributed by atoms with Crippen LogP contribution in [0.4, 0.5) is 0 Å². The van der Waals surface area contributed by atoms with Crippen molar-refractivity contribution in [3.63, 3.8) is 0 Å². The summed E-state index contributed by atoms with van der Waals surface area (Å²) in [6, 6.07) is 13.8. The van der Waals surface area contributed by atoms with Gasteiger partial charge in [0.1, 0.15) is 0 Å². The molecule has 2 aromatic heterocycles. The third-order valence-corrected chi connectivity index (χ3v) is 4.58. The van der Waals surface area contributed by atoms with Gasteiger partial charge in [0.05, 0.1) is 16.6 Å². The molecule has 2 heterocycles. The number of pyridine rings is 1. The minimum absolute atomic E-state index is 0.458. The van der Waals surface area contributed by atoms with Crippen molar-refractivity contribution in [1.82, 2.24) is 9.97 Å². The van der Waals surface area contributed by atoms with E-state index < -0.39 is 5.91 Å². The van der Waals surface area contributed by atoms with Crippen molar-refractivity contribution in [1.29, 1.82) is 0 Å². The highest BCUT2D eigenvalue weighted by molar-refractivity contribution is 9.10. The van der Waals surface area contributed by atoms with Crippen LogP contribution in [0, 0.1) is 0 Å². The molecule has 0 radical (unpaired) electrons. The highest BCUT2D eigenvalue weighted by atomic mass is 79.9. The van der Waals surface area contributed by atoms with Crippen LogP contribution in [0.25, 0.3) is 32.9 Å². The van der Waals surface area contributed by atoms with Crippen molar-refractivity contribution < 1.29 is 4.79 Å². The molecule has 0 saturated carbocycles. The molecule has 0 aliphatic carbocycles. The molecule has 0 fully saturated rings. The molecule has 0 unspecified atom stereocenters. The number of aromatic nitrogens is 2. The number of amides is 1. The number of fused-ring (bicyclic) bond motifs is 2. The average Bonchev–Trinajstić information content (AvgIpc) is 2.94. The number of rotatable bonds is 2. The molecular weight excluding hydrogens is 354 g/mol. The zero-order chi connectivity index (χ0) is 16.0. The summed E-state index contributed by atoms with van der Waals surface area (Å²) in [5.74, 6) is -0.458. The number of nitrogens with one attached hydrogen (secondary N) is 1. The van der Waals surface area contributed by atoms with Gasteiger partial charge in [0.15, 0.2) is 0 Å². The first kappa shape index (κ1) is 14.0. The fraction of sp³-hybridized carbons (Fsp3) is 0. The van der Waals surface area contributed by atoms with Gasteiger partial charge in [-0.15, -0.1) is 0 Å². The zero-order valence-electron chi connectivity index (χ0n) is 12.0. The second kappa shape index (κ2) is 5.21. The minimum atomic E-state index is -0.458. The lowest BCUT2D eigenvalue weighted by molar-refractivity contribution is 0.100. The van der Waals surface area contributed by atoms with E-state index in [1.165, 1.54) is 0 Å². The number of para-hydroxylation sites is 1. The van der Waals surface area contributed by atoms with E-state index in [9.17, 15) is 4.79 Å². The Bertz CT molecular complexity index is 1070. The van der Waals surface area contributed by atoms with E-state index in [0.717, 1.165) is 37.4 Å². The molecule has 0 saturated heterocycles. The maximum Gasteiger partial charge on any atom is 0.250 e. The van der Waals surface area contributed by atoms with Crippen molar-refractivity contribution in [2.24, 2.45) is 5.73 Å². The lowest BCUT2D eigenvalue weighted by atomic mass is 10.00. The van der Waals surface area contributed by atoms with E-state index in [1.54, 1.807) is 12.3 Å². The maximum atomic E-state index is 11.8. The number of hydrogen-bond donors (Lipinski definition) is 2. The second-order valence-electron chi connectivity index (χ2n) is 5.36. The number of carbonyl (C=O) groups excluding carboxylic acids is 1. The van der Waals surface area contributed by atoms with Crippen molar-refractivity contribution >= 4 is 43.6 Å². The van der Waals surface area contributed by atoms with Gasteiger partial charge in [0.2, 0.25) is 0 Å². The van der Waals surface area contributed by atoms with Gasteiger partial charge in [-0.3, -0.25) is 9.78 Å². The van der Waals surface area contributed by atoms with Gasteiger partial charge < -0.3 is 10.7 Å². The van der Waals surface area contributed by atoms with Crippen LogP contribution >= 0.6 is 15.9 Å². The Morgan fingerprint density at radius 2 is 1.96 bits per heavy atom. The van der Waals surface area contributed by atoms with Crippen molar-refractivity contribution in [2.75, 3.05) is 0 Å². The maximum absolute atomic E-state index is 11.8. The number of benzene rings is 2. The van der Waals surface area contributed by atoms with Crippen molar-refractivity contribution in [3.8, 4) is 11.1 Å². The summed E-state index contributed by atoms with van der Waals surface area (Å²) < 4.78 is 0.894. The lowest BCUT2D eigenvalue weighted by Gasteiger charge is -2.07. The molecule has 0 bridgehead atoms. The third-order valence-electron chi connectivity index (χ3n) is 3.93. The molecule has 0 atom stereocenters. The predicted molar refractivity (Wildman–Crippen MR) is 95.3 cm³/mol. The van der Waals surface area contributed by atoms with Gasteiger partial charge in [0, 0.05) is 33.2 Å². The summed E-state index contributed by atoms with van der Waals surface area (Å²) in [5.41, 5.74) is 9.54. The molecule has 1 amide bonds. The Balaban J connectivity index is 1.99. The van der Waals surface area contributed by atoms with E-state index in [2.05, 4.69) is 32.0 Å². The van der Waals surface area contributed by atoms with Gasteiger partial charge in [-0.05, 0) is 45.8 Å². The molecule has 23 heavy (non-hydrogen) atoms. The quantitative estimate of drug-likeness (QED) is 0.557. The number of carbonyl (C=O) groups is 1. The van der Waals surface area contributed by atoms with Crippen LogP contribution in [0.3, 0.4) is 0 Å². The van der Waals surface area contributed by atoms with E-state index in [1.807, 2.05) is 36.5 Å². The standard InChI is InChI=1S/C18H12BrN3O/c19-15-9-22-17-13(15)6-11(7-14(17)18(20)23)12-5-10-3-1-2-4-16(10)21-8-12/h1-9,22H,(H2,20,23). The fourth-order valence-electron chi connectivity index (χ4n) is 2.79. The van der Waals surface area contributed by atoms with Gasteiger partial charge in [-0.25, -0.2) is 0 Å². The van der Waals surface area contributed by atoms with Crippen molar-refractivity contribution in [3.05, 3.63) is 64.9 Å². The molecule has 2 aromatic carbocycles. The van der Waals surface area contributed by atoms with Crippen LogP contribution in [0.15, 0.2) is 59.3 Å². The highest BCUT2D eigenvalue weighted by Gasteiger charge is 2.13. The third kappa shape index (κ3) is 2.29. The Labute approximate surface area is 140 Å². The SMILES string of the molecule is NC(=O)c1cc(-c2cnc3ccccc3c2)cc2c(Br)c[nH]c12. The largest absolute Gasteiger partial charge is 0.366 e. The van der Waals surface area contributed by atoms with E-state index >= 15 is 0 Å².